The van der Waals surface area contributed by atoms with Crippen molar-refractivity contribution in [2.45, 2.75) is 57.6 Å². The average molecular weight is 671 g/mol. The summed E-state index contributed by atoms with van der Waals surface area (Å²) in [5, 5.41) is -0.441. The summed E-state index contributed by atoms with van der Waals surface area (Å²) < 4.78 is 27.3. The number of hydrogen-bond donors (Lipinski definition) is 1. The molecule has 1 atom stereocenters. The highest BCUT2D eigenvalue weighted by molar-refractivity contribution is 9.10. The van der Waals surface area contributed by atoms with Gasteiger partial charge in [0.15, 0.2) is 0 Å². The summed E-state index contributed by atoms with van der Waals surface area (Å²) >= 11 is 3.24. The van der Waals surface area contributed by atoms with E-state index in [2.05, 4.69) is 30.6 Å². The number of pyridine rings is 2. The van der Waals surface area contributed by atoms with Gasteiger partial charge in [-0.3, -0.25) is 14.6 Å². The Kier molecular flexibility index (Phi) is 11.5. The minimum Gasteiger partial charge on any atom is -0.339 e. The van der Waals surface area contributed by atoms with Gasteiger partial charge in [-0.1, -0.05) is 31.2 Å². The molecule has 2 aliphatic heterocycles. The van der Waals surface area contributed by atoms with E-state index in [9.17, 15) is 18.0 Å². The normalized spacial score (nSPS) is 15.7. The smallest absolute Gasteiger partial charge is 0.255 e. The van der Waals surface area contributed by atoms with Gasteiger partial charge in [0.1, 0.15) is 4.60 Å². The number of aromatic nitrogens is 2. The van der Waals surface area contributed by atoms with E-state index in [1.54, 1.807) is 38.4 Å². The molecule has 3 aromatic rings. The molecule has 9 nitrogen and oxygen atoms in total. The van der Waals surface area contributed by atoms with Crippen LogP contribution in [0.5, 0.6) is 0 Å². The summed E-state index contributed by atoms with van der Waals surface area (Å²) in [5.74, 6) is 0.211. The maximum absolute atomic E-state index is 12.4. The molecular weight excluding hydrogens is 630 g/mol. The lowest BCUT2D eigenvalue weighted by Crippen LogP contribution is -2.33. The van der Waals surface area contributed by atoms with Gasteiger partial charge in [0.05, 0.1) is 22.1 Å². The molecule has 2 saturated heterocycles. The molecule has 0 radical (unpaired) electrons. The van der Waals surface area contributed by atoms with E-state index in [1.807, 2.05) is 53.1 Å². The molecule has 5 rings (SSSR count). The molecule has 2 aromatic heterocycles. The summed E-state index contributed by atoms with van der Waals surface area (Å²) in [7, 11) is -3.26. The SMILES string of the molecule is CC(C)S(=O)(=O)NC[C@H](C)c1ccc(-c2ccc(C(=O)N3CCCC3)cn2)cc1.O=C(c1ccc(Br)nc1)N1CCCC1. The molecule has 0 spiro atoms. The van der Waals surface area contributed by atoms with Gasteiger partial charge in [0.2, 0.25) is 10.0 Å². The third-order valence-corrected chi connectivity index (χ3v) is 10.0. The van der Waals surface area contributed by atoms with Crippen molar-refractivity contribution < 1.29 is 18.0 Å². The minimum absolute atomic E-state index is 0.0505. The van der Waals surface area contributed by atoms with E-state index in [1.165, 1.54) is 0 Å². The fourth-order valence-electron chi connectivity index (χ4n) is 4.91. The summed E-state index contributed by atoms with van der Waals surface area (Å²) in [5.41, 5.74) is 4.13. The maximum Gasteiger partial charge on any atom is 0.255 e. The van der Waals surface area contributed by atoms with Crippen LogP contribution in [0.4, 0.5) is 0 Å². The molecule has 43 heavy (non-hydrogen) atoms. The standard InChI is InChI=1S/C22H29N3O3S.C10H11BrN2O/c1-16(2)29(27,28)24-14-17(3)18-6-8-19(9-7-18)21-11-10-20(15-23-21)22(26)25-12-4-5-13-25;11-9-4-3-8(7-12-9)10(14)13-5-1-2-6-13/h6-11,15-17,24H,4-5,12-14H2,1-3H3;3-4,7H,1-2,5-6H2/t17-;/m0./s1. The van der Waals surface area contributed by atoms with Crippen LogP contribution < -0.4 is 4.72 Å². The van der Waals surface area contributed by atoms with Crippen LogP contribution in [-0.2, 0) is 10.0 Å². The zero-order chi connectivity index (χ0) is 31.0. The van der Waals surface area contributed by atoms with Gasteiger partial charge < -0.3 is 9.80 Å². The first-order chi connectivity index (χ1) is 20.5. The highest BCUT2D eigenvalue weighted by Gasteiger charge is 2.21. The average Bonchev–Trinajstić information content (AvgIpc) is 3.76. The molecule has 230 valence electrons. The number of nitrogens with one attached hydrogen (secondary N) is 1. The Hall–Kier alpha value is -3.15. The Morgan fingerprint density at radius 1 is 0.791 bits per heavy atom. The van der Waals surface area contributed by atoms with Gasteiger partial charge in [0, 0.05) is 50.7 Å². The van der Waals surface area contributed by atoms with Crippen molar-refractivity contribution in [3.05, 3.63) is 82.2 Å². The number of hydrogen-bond acceptors (Lipinski definition) is 6. The molecule has 1 N–H and O–H groups in total. The number of benzene rings is 1. The van der Waals surface area contributed by atoms with Crippen molar-refractivity contribution >= 4 is 37.8 Å². The molecule has 2 fully saturated rings. The molecule has 11 heteroatoms. The van der Waals surface area contributed by atoms with E-state index in [0.29, 0.717) is 17.7 Å². The van der Waals surface area contributed by atoms with Crippen molar-refractivity contribution in [1.82, 2.24) is 24.5 Å². The summed E-state index contributed by atoms with van der Waals surface area (Å²) in [6.45, 7) is 9.11. The molecule has 0 saturated carbocycles. The number of carbonyl (C=O) groups excluding carboxylic acids is 2. The molecule has 0 unspecified atom stereocenters. The fraction of sp³-hybridized carbons (Fsp3) is 0.438. The second kappa shape index (κ2) is 15.0. The Bertz CT molecular complexity index is 1470. The van der Waals surface area contributed by atoms with Crippen molar-refractivity contribution in [2.24, 2.45) is 0 Å². The third-order valence-electron chi connectivity index (χ3n) is 7.76. The van der Waals surface area contributed by atoms with Gasteiger partial charge >= 0.3 is 0 Å². The molecule has 0 aliphatic carbocycles. The molecule has 4 heterocycles. The summed E-state index contributed by atoms with van der Waals surface area (Å²) in [4.78, 5) is 36.5. The van der Waals surface area contributed by atoms with Crippen molar-refractivity contribution in [3.8, 4) is 11.3 Å². The lowest BCUT2D eigenvalue weighted by Gasteiger charge is -2.16. The van der Waals surface area contributed by atoms with Gasteiger partial charge in [-0.2, -0.15) is 0 Å². The summed E-state index contributed by atoms with van der Waals surface area (Å²) in [6.07, 6.45) is 7.64. The van der Waals surface area contributed by atoms with Crippen molar-refractivity contribution in [1.29, 1.82) is 0 Å². The number of halogens is 1. The van der Waals surface area contributed by atoms with Crippen LogP contribution in [0.2, 0.25) is 0 Å². The lowest BCUT2D eigenvalue weighted by atomic mass is 9.99. The molecule has 1 aromatic carbocycles. The topological polar surface area (TPSA) is 113 Å². The lowest BCUT2D eigenvalue weighted by molar-refractivity contribution is 0.0784. The number of likely N-dealkylation sites (tertiary alicyclic amines) is 2. The molecule has 0 bridgehead atoms. The number of amides is 2. The summed E-state index contributed by atoms with van der Waals surface area (Å²) in [6, 6.07) is 15.3. The van der Waals surface area contributed by atoms with Gasteiger partial charge in [-0.05, 0) is 91.2 Å². The monoisotopic (exact) mass is 669 g/mol. The highest BCUT2D eigenvalue weighted by Crippen LogP contribution is 2.22. The first kappa shape index (κ1) is 32.8. The van der Waals surface area contributed by atoms with Crippen LogP contribution in [0, 0.1) is 0 Å². The van der Waals surface area contributed by atoms with Gasteiger partial charge in [-0.25, -0.2) is 18.1 Å². The van der Waals surface area contributed by atoms with E-state index < -0.39 is 15.3 Å². The third kappa shape index (κ3) is 8.93. The van der Waals surface area contributed by atoms with Crippen LogP contribution >= 0.6 is 15.9 Å². The first-order valence-electron chi connectivity index (χ1n) is 14.8. The van der Waals surface area contributed by atoms with E-state index >= 15 is 0 Å². The zero-order valence-corrected chi connectivity index (χ0v) is 27.4. The van der Waals surface area contributed by atoms with Crippen LogP contribution in [0.3, 0.4) is 0 Å². The second-order valence-corrected chi connectivity index (χ2v) is 14.4. The number of carbonyl (C=O) groups is 2. The Labute approximate surface area is 263 Å². The number of rotatable bonds is 8. The number of nitrogens with zero attached hydrogens (tertiary/aromatic N) is 4. The van der Waals surface area contributed by atoms with E-state index in [4.69, 9.17) is 0 Å². The Morgan fingerprint density at radius 2 is 1.30 bits per heavy atom. The Balaban J connectivity index is 0.000000251. The van der Waals surface area contributed by atoms with Gasteiger partial charge in [-0.15, -0.1) is 0 Å². The van der Waals surface area contributed by atoms with E-state index in [-0.39, 0.29) is 17.7 Å². The van der Waals surface area contributed by atoms with Crippen LogP contribution in [0.1, 0.15) is 78.7 Å². The maximum atomic E-state index is 12.4. The fourth-order valence-corrected chi connectivity index (χ4v) is 5.96. The molecular formula is C32H40BrN5O4S. The van der Waals surface area contributed by atoms with E-state index in [0.717, 1.165) is 73.3 Å². The number of sulfonamides is 1. The Morgan fingerprint density at radius 3 is 1.74 bits per heavy atom. The van der Waals surface area contributed by atoms with Crippen molar-refractivity contribution in [3.63, 3.8) is 0 Å². The largest absolute Gasteiger partial charge is 0.339 e. The van der Waals surface area contributed by atoms with Crippen LogP contribution in [-0.4, -0.2) is 78.0 Å². The minimum atomic E-state index is -3.26. The predicted octanol–water partition coefficient (Wildman–Crippen LogP) is 5.50. The zero-order valence-electron chi connectivity index (χ0n) is 25.0. The highest BCUT2D eigenvalue weighted by atomic mass is 79.9. The molecule has 2 aliphatic rings. The molecule has 2 amide bonds. The predicted molar refractivity (Wildman–Crippen MR) is 172 cm³/mol. The second-order valence-electron chi connectivity index (χ2n) is 11.3. The van der Waals surface area contributed by atoms with Crippen LogP contribution in [0.25, 0.3) is 11.3 Å². The van der Waals surface area contributed by atoms with Crippen molar-refractivity contribution in [2.75, 3.05) is 32.7 Å². The first-order valence-corrected chi connectivity index (χ1v) is 17.1. The van der Waals surface area contributed by atoms with Crippen LogP contribution in [0.15, 0.2) is 65.5 Å². The van der Waals surface area contributed by atoms with Gasteiger partial charge in [0.25, 0.3) is 11.8 Å². The quantitative estimate of drug-likeness (QED) is 0.317.